The lowest BCUT2D eigenvalue weighted by molar-refractivity contribution is -0.385. The number of amides is 2. The number of hydrogen-bond donors (Lipinski definition) is 1. The van der Waals surface area contributed by atoms with E-state index in [4.69, 9.17) is 0 Å². The van der Waals surface area contributed by atoms with Crippen molar-refractivity contribution in [2.45, 2.75) is 6.54 Å². The van der Waals surface area contributed by atoms with Gasteiger partial charge >= 0.3 is 0 Å². The van der Waals surface area contributed by atoms with E-state index < -0.39 is 16.7 Å². The van der Waals surface area contributed by atoms with Gasteiger partial charge in [-0.3, -0.25) is 24.6 Å². The van der Waals surface area contributed by atoms with Gasteiger partial charge in [0, 0.05) is 17.1 Å². The topological polar surface area (TPSA) is 105 Å². The van der Waals surface area contributed by atoms with Crippen molar-refractivity contribution >= 4 is 39.7 Å². The molecule has 9 heteroatoms. The Kier molecular flexibility index (Phi) is 4.13. The maximum Gasteiger partial charge on any atom is 0.282 e. The van der Waals surface area contributed by atoms with Crippen LogP contribution in [0.5, 0.6) is 0 Å². The number of para-hydroxylation sites is 1. The van der Waals surface area contributed by atoms with Crippen LogP contribution in [-0.4, -0.2) is 26.6 Å². The molecule has 0 saturated carbocycles. The Hall–Kier alpha value is -3.59. The van der Waals surface area contributed by atoms with Crippen molar-refractivity contribution in [1.29, 1.82) is 0 Å². The van der Waals surface area contributed by atoms with E-state index in [2.05, 4.69) is 10.3 Å². The van der Waals surface area contributed by atoms with Crippen LogP contribution in [0.3, 0.4) is 0 Å². The Balaban J connectivity index is 1.56. The highest BCUT2D eigenvalue weighted by Gasteiger charge is 2.41. The molecule has 4 rings (SSSR count). The van der Waals surface area contributed by atoms with E-state index in [-0.39, 0.29) is 23.4 Å². The maximum absolute atomic E-state index is 12.6. The van der Waals surface area contributed by atoms with Gasteiger partial charge in [-0.1, -0.05) is 24.3 Å². The van der Waals surface area contributed by atoms with Crippen LogP contribution in [0.1, 0.15) is 26.4 Å². The number of benzene rings is 2. The van der Waals surface area contributed by atoms with Crippen LogP contribution in [0, 0.1) is 10.1 Å². The van der Waals surface area contributed by atoms with E-state index in [0.29, 0.717) is 10.8 Å². The summed E-state index contributed by atoms with van der Waals surface area (Å²) in [7, 11) is 0. The number of aromatic nitrogens is 1. The van der Waals surface area contributed by atoms with Gasteiger partial charge in [0.2, 0.25) is 0 Å². The molecule has 2 amide bonds. The molecule has 0 aliphatic carbocycles. The number of carbonyl (C=O) groups is 2. The molecule has 2 heterocycles. The van der Waals surface area contributed by atoms with Crippen LogP contribution in [-0.2, 0) is 6.54 Å². The molecule has 0 spiro atoms. The number of nitro groups is 1. The Labute approximate surface area is 157 Å². The molecule has 27 heavy (non-hydrogen) atoms. The first-order valence-electron chi connectivity index (χ1n) is 7.94. The van der Waals surface area contributed by atoms with Gasteiger partial charge in [-0.05, 0) is 18.2 Å². The first kappa shape index (κ1) is 16.9. The third-order valence-electron chi connectivity index (χ3n) is 4.07. The van der Waals surface area contributed by atoms with Gasteiger partial charge in [-0.2, -0.15) is 0 Å². The molecule has 3 aromatic rings. The van der Waals surface area contributed by atoms with Crippen LogP contribution >= 0.6 is 11.3 Å². The third-order valence-corrected chi connectivity index (χ3v) is 4.88. The van der Waals surface area contributed by atoms with Crippen LogP contribution in [0.2, 0.25) is 0 Å². The predicted molar refractivity (Wildman–Crippen MR) is 99.1 cm³/mol. The van der Waals surface area contributed by atoms with E-state index in [0.717, 1.165) is 10.6 Å². The second kappa shape index (κ2) is 6.61. The van der Waals surface area contributed by atoms with E-state index in [1.807, 2.05) is 30.3 Å². The van der Waals surface area contributed by atoms with Gasteiger partial charge < -0.3 is 5.32 Å². The summed E-state index contributed by atoms with van der Waals surface area (Å²) in [6.07, 6.45) is 0. The second-order valence-corrected chi connectivity index (χ2v) is 6.65. The molecule has 0 bridgehead atoms. The fraction of sp³-hybridized carbons (Fsp3) is 0.0556. The number of nitrogens with zero attached hydrogens (tertiary/aromatic N) is 3. The lowest BCUT2D eigenvalue weighted by Gasteiger charge is -2.11. The molecule has 2 aromatic carbocycles. The number of anilines is 2. The Morgan fingerprint density at radius 2 is 1.85 bits per heavy atom. The van der Waals surface area contributed by atoms with Gasteiger partial charge in [0.15, 0.2) is 5.13 Å². The van der Waals surface area contributed by atoms with Crippen molar-refractivity contribution < 1.29 is 14.5 Å². The first-order valence-corrected chi connectivity index (χ1v) is 8.82. The summed E-state index contributed by atoms with van der Waals surface area (Å²) in [5.74, 6) is -1.22. The molecule has 1 aromatic heterocycles. The Morgan fingerprint density at radius 1 is 1.07 bits per heavy atom. The lowest BCUT2D eigenvalue weighted by atomic mass is 10.1. The number of nitrogens with one attached hydrogen (secondary N) is 1. The number of fused-ring (bicyclic) bond motifs is 1. The minimum atomic E-state index is -0.673. The highest BCUT2D eigenvalue weighted by molar-refractivity contribution is 7.13. The summed E-state index contributed by atoms with van der Waals surface area (Å²) in [6.45, 7) is -0.0452. The van der Waals surface area contributed by atoms with Crippen molar-refractivity contribution in [3.8, 4) is 0 Å². The van der Waals surface area contributed by atoms with Crippen molar-refractivity contribution in [1.82, 2.24) is 9.88 Å². The standard InChI is InChI=1S/C18H12N4O4S/c23-16-13-7-4-8-14(22(25)26)15(13)17(24)21(16)9-12-10-27-18(20-12)19-11-5-2-1-3-6-11/h1-8,10H,9H2,(H,19,20). The number of thiazole rings is 1. The lowest BCUT2D eigenvalue weighted by Crippen LogP contribution is -2.29. The van der Waals surface area contributed by atoms with Crippen LogP contribution < -0.4 is 5.32 Å². The van der Waals surface area contributed by atoms with E-state index >= 15 is 0 Å². The van der Waals surface area contributed by atoms with Gasteiger partial charge in [0.25, 0.3) is 17.5 Å². The molecular weight excluding hydrogens is 368 g/mol. The largest absolute Gasteiger partial charge is 0.332 e. The SMILES string of the molecule is O=C1c2cccc([N+](=O)[O-])c2C(=O)N1Cc1csc(Nc2ccccc2)n1. The first-order chi connectivity index (χ1) is 13.0. The molecular formula is C18H12N4O4S. The fourth-order valence-corrected chi connectivity index (χ4v) is 3.58. The number of rotatable bonds is 5. The van der Waals surface area contributed by atoms with E-state index in [1.165, 1.54) is 29.5 Å². The number of carbonyl (C=O) groups excluding carboxylic acids is 2. The van der Waals surface area contributed by atoms with Crippen molar-refractivity contribution in [3.05, 3.63) is 80.8 Å². The zero-order valence-corrected chi connectivity index (χ0v) is 14.6. The van der Waals surface area contributed by atoms with Crippen LogP contribution in [0.4, 0.5) is 16.5 Å². The minimum Gasteiger partial charge on any atom is -0.332 e. The number of hydrogen-bond acceptors (Lipinski definition) is 7. The molecule has 1 N–H and O–H groups in total. The van der Waals surface area contributed by atoms with Crippen molar-refractivity contribution in [2.75, 3.05) is 5.32 Å². The summed E-state index contributed by atoms with van der Waals surface area (Å²) in [6, 6.07) is 13.5. The van der Waals surface area contributed by atoms with Gasteiger partial charge in [0.1, 0.15) is 5.56 Å². The molecule has 8 nitrogen and oxygen atoms in total. The molecule has 1 aliphatic heterocycles. The van der Waals surface area contributed by atoms with Crippen LogP contribution in [0.15, 0.2) is 53.9 Å². The van der Waals surface area contributed by atoms with Crippen LogP contribution in [0.25, 0.3) is 0 Å². The number of imide groups is 1. The van der Waals surface area contributed by atoms with Gasteiger partial charge in [0.05, 0.1) is 22.7 Å². The Bertz CT molecular complexity index is 1060. The Morgan fingerprint density at radius 3 is 2.59 bits per heavy atom. The summed E-state index contributed by atoms with van der Waals surface area (Å²) in [5, 5.41) is 16.7. The zero-order chi connectivity index (χ0) is 19.0. The smallest absolute Gasteiger partial charge is 0.282 e. The van der Waals surface area contributed by atoms with E-state index in [1.54, 1.807) is 5.38 Å². The summed E-state index contributed by atoms with van der Waals surface area (Å²) >= 11 is 1.34. The highest BCUT2D eigenvalue weighted by atomic mass is 32.1. The number of nitro benzene ring substituents is 1. The predicted octanol–water partition coefficient (Wildman–Crippen LogP) is 3.59. The molecule has 0 saturated heterocycles. The molecule has 0 unspecified atom stereocenters. The zero-order valence-electron chi connectivity index (χ0n) is 13.8. The van der Waals surface area contributed by atoms with Gasteiger partial charge in [-0.15, -0.1) is 11.3 Å². The summed E-state index contributed by atoms with van der Waals surface area (Å²) < 4.78 is 0. The van der Waals surface area contributed by atoms with Crippen molar-refractivity contribution in [2.24, 2.45) is 0 Å². The van der Waals surface area contributed by atoms with E-state index in [9.17, 15) is 19.7 Å². The molecule has 0 fully saturated rings. The second-order valence-electron chi connectivity index (χ2n) is 5.79. The monoisotopic (exact) mass is 380 g/mol. The fourth-order valence-electron chi connectivity index (χ4n) is 2.86. The van der Waals surface area contributed by atoms with Crippen molar-refractivity contribution in [3.63, 3.8) is 0 Å². The molecule has 134 valence electrons. The molecule has 0 atom stereocenters. The quantitative estimate of drug-likeness (QED) is 0.412. The maximum atomic E-state index is 12.6. The summed E-state index contributed by atoms with van der Waals surface area (Å²) in [5.41, 5.74) is 0.917. The summed E-state index contributed by atoms with van der Waals surface area (Å²) in [4.78, 5) is 41.0. The third kappa shape index (κ3) is 3.04. The molecule has 1 aliphatic rings. The average Bonchev–Trinajstić information content (AvgIpc) is 3.21. The van der Waals surface area contributed by atoms with Gasteiger partial charge in [-0.25, -0.2) is 4.98 Å². The average molecular weight is 380 g/mol. The minimum absolute atomic E-state index is 0.0452. The molecule has 0 radical (unpaired) electrons. The highest BCUT2D eigenvalue weighted by Crippen LogP contribution is 2.32. The normalized spacial score (nSPS) is 13.0.